The number of amides is 2. The quantitative estimate of drug-likeness (QED) is 0.504. The summed E-state index contributed by atoms with van der Waals surface area (Å²) < 4.78 is 43.5. The number of nitrogens with zero attached hydrogens (tertiary/aromatic N) is 5. The third-order valence-corrected chi connectivity index (χ3v) is 4.73. The Balaban J connectivity index is 1.75. The molecule has 1 aromatic carbocycles. The van der Waals surface area contributed by atoms with E-state index in [2.05, 4.69) is 30.9 Å². The zero-order valence-electron chi connectivity index (χ0n) is 20.1. The second-order valence-electron chi connectivity index (χ2n) is 7.08. The SMILES string of the molecule is [2H]C([2H])([2H])NC(=O)c1nnc(NC(=O)C2CC2)cc1Nc1ccc(F)c(-c2ncn(C)n2)c1OC. The van der Waals surface area contributed by atoms with E-state index in [1.807, 2.05) is 5.32 Å². The molecule has 2 aromatic heterocycles. The van der Waals surface area contributed by atoms with Crippen LogP contribution in [0.2, 0.25) is 0 Å². The molecule has 1 aliphatic rings. The van der Waals surface area contributed by atoms with Gasteiger partial charge in [0.2, 0.25) is 5.91 Å². The van der Waals surface area contributed by atoms with Crippen LogP contribution in [0.15, 0.2) is 24.5 Å². The van der Waals surface area contributed by atoms with Gasteiger partial charge >= 0.3 is 0 Å². The molecule has 2 heterocycles. The lowest BCUT2D eigenvalue weighted by Gasteiger charge is -2.16. The molecule has 0 spiro atoms. The largest absolute Gasteiger partial charge is 0.494 e. The second-order valence-corrected chi connectivity index (χ2v) is 7.08. The number of halogens is 1. The van der Waals surface area contributed by atoms with E-state index in [0.29, 0.717) is 0 Å². The summed E-state index contributed by atoms with van der Waals surface area (Å²) in [5, 5.41) is 19.1. The van der Waals surface area contributed by atoms with E-state index in [0.717, 1.165) is 18.9 Å². The number of benzene rings is 1. The van der Waals surface area contributed by atoms with Crippen molar-refractivity contribution in [2.24, 2.45) is 13.0 Å². The minimum Gasteiger partial charge on any atom is -0.494 e. The predicted molar refractivity (Wildman–Crippen MR) is 113 cm³/mol. The fourth-order valence-corrected chi connectivity index (χ4v) is 3.03. The van der Waals surface area contributed by atoms with Crippen LogP contribution in [0.5, 0.6) is 5.75 Å². The minimum atomic E-state index is -2.78. The number of carbonyl (C=O) groups is 2. The average Bonchev–Trinajstić information content (AvgIpc) is 3.55. The lowest BCUT2D eigenvalue weighted by Crippen LogP contribution is -2.22. The van der Waals surface area contributed by atoms with Crippen LogP contribution in [-0.4, -0.2) is 50.9 Å². The summed E-state index contributed by atoms with van der Waals surface area (Å²) >= 11 is 0. The van der Waals surface area contributed by atoms with E-state index in [1.54, 1.807) is 7.05 Å². The number of rotatable bonds is 7. The number of ether oxygens (including phenoxy) is 1. The van der Waals surface area contributed by atoms with E-state index in [9.17, 15) is 14.0 Å². The maximum Gasteiger partial charge on any atom is 0.273 e. The smallest absolute Gasteiger partial charge is 0.273 e. The van der Waals surface area contributed by atoms with Crippen molar-refractivity contribution in [3.05, 3.63) is 36.0 Å². The second kappa shape index (κ2) is 8.57. The Morgan fingerprint density at radius 1 is 1.28 bits per heavy atom. The Morgan fingerprint density at radius 3 is 2.75 bits per heavy atom. The van der Waals surface area contributed by atoms with E-state index in [1.165, 1.54) is 30.3 Å². The maximum absolute atomic E-state index is 14.7. The van der Waals surface area contributed by atoms with Crippen molar-refractivity contribution in [1.82, 2.24) is 30.3 Å². The molecule has 166 valence electrons. The Morgan fingerprint density at radius 2 is 2.09 bits per heavy atom. The molecule has 1 fully saturated rings. The normalized spacial score (nSPS) is 14.7. The van der Waals surface area contributed by atoms with E-state index >= 15 is 0 Å². The van der Waals surface area contributed by atoms with Crippen molar-refractivity contribution in [2.45, 2.75) is 12.8 Å². The molecule has 0 radical (unpaired) electrons. The fraction of sp³-hybridized carbons (Fsp3) is 0.300. The highest BCUT2D eigenvalue weighted by Crippen LogP contribution is 2.39. The molecule has 3 aromatic rings. The van der Waals surface area contributed by atoms with Crippen molar-refractivity contribution < 1.29 is 22.8 Å². The van der Waals surface area contributed by atoms with Crippen LogP contribution in [0, 0.1) is 11.7 Å². The maximum atomic E-state index is 14.7. The van der Waals surface area contributed by atoms with Crippen LogP contribution in [0.4, 0.5) is 21.6 Å². The van der Waals surface area contributed by atoms with Gasteiger partial charge in [0.1, 0.15) is 17.7 Å². The summed E-state index contributed by atoms with van der Waals surface area (Å²) in [6, 6.07) is 3.83. The number of anilines is 3. The first-order chi connectivity index (χ1) is 16.6. The van der Waals surface area contributed by atoms with Crippen molar-refractivity contribution in [1.29, 1.82) is 0 Å². The van der Waals surface area contributed by atoms with Gasteiger partial charge in [0.15, 0.2) is 23.1 Å². The van der Waals surface area contributed by atoms with Gasteiger partial charge in [-0.3, -0.25) is 14.3 Å². The summed E-state index contributed by atoms with van der Waals surface area (Å²) in [5.74, 6) is -1.90. The number of methoxy groups -OCH3 is 1. The van der Waals surface area contributed by atoms with Crippen LogP contribution in [-0.2, 0) is 11.8 Å². The molecular weight excluding hydrogens is 419 g/mol. The highest BCUT2D eigenvalue weighted by molar-refractivity contribution is 6.00. The van der Waals surface area contributed by atoms with Crippen molar-refractivity contribution in [3.63, 3.8) is 0 Å². The molecule has 0 aliphatic heterocycles. The molecule has 0 saturated heterocycles. The average molecular weight is 443 g/mol. The molecule has 11 nitrogen and oxygen atoms in total. The van der Waals surface area contributed by atoms with Crippen LogP contribution in [0.25, 0.3) is 11.4 Å². The van der Waals surface area contributed by atoms with E-state index in [4.69, 9.17) is 8.85 Å². The zero-order valence-corrected chi connectivity index (χ0v) is 17.1. The Hall–Kier alpha value is -4.09. The van der Waals surface area contributed by atoms with Gasteiger partial charge in [-0.15, -0.1) is 10.2 Å². The van der Waals surface area contributed by atoms with Crippen LogP contribution in [0.3, 0.4) is 0 Å². The number of hydrogen-bond acceptors (Lipinski definition) is 8. The third-order valence-electron chi connectivity index (χ3n) is 4.73. The number of carbonyl (C=O) groups excluding carboxylic acids is 2. The first-order valence-corrected chi connectivity index (χ1v) is 9.56. The fourth-order valence-electron chi connectivity index (χ4n) is 3.03. The monoisotopic (exact) mass is 443 g/mol. The minimum absolute atomic E-state index is 0.00214. The van der Waals surface area contributed by atoms with E-state index in [-0.39, 0.29) is 51.8 Å². The van der Waals surface area contributed by atoms with Crippen molar-refractivity contribution >= 4 is 29.0 Å². The Bertz CT molecular complexity index is 1290. The molecule has 1 saturated carbocycles. The molecule has 4 rings (SSSR count). The molecule has 32 heavy (non-hydrogen) atoms. The van der Waals surface area contributed by atoms with Crippen LogP contribution >= 0.6 is 0 Å². The number of hydrogen-bond donors (Lipinski definition) is 3. The summed E-state index contributed by atoms with van der Waals surface area (Å²) in [5.41, 5.74) is -0.199. The Kier molecular flexibility index (Phi) is 4.71. The van der Waals surface area contributed by atoms with Gasteiger partial charge in [0.25, 0.3) is 5.91 Å². The number of aryl methyl sites for hydroxylation is 1. The first-order valence-electron chi connectivity index (χ1n) is 11.1. The van der Waals surface area contributed by atoms with E-state index < -0.39 is 18.7 Å². The van der Waals surface area contributed by atoms with Gasteiger partial charge in [-0.1, -0.05) is 0 Å². The topological polar surface area (TPSA) is 136 Å². The summed E-state index contributed by atoms with van der Waals surface area (Å²) in [6.07, 6.45) is 2.92. The van der Waals surface area contributed by atoms with Gasteiger partial charge in [0.05, 0.1) is 18.5 Å². The third kappa shape index (κ3) is 4.19. The lowest BCUT2D eigenvalue weighted by molar-refractivity contribution is -0.117. The van der Waals surface area contributed by atoms with Crippen molar-refractivity contribution in [3.8, 4) is 17.1 Å². The number of aromatic nitrogens is 5. The van der Waals surface area contributed by atoms with Crippen LogP contribution in [0.1, 0.15) is 27.4 Å². The van der Waals surface area contributed by atoms with Gasteiger partial charge < -0.3 is 20.7 Å². The van der Waals surface area contributed by atoms with Gasteiger partial charge in [-0.05, 0) is 25.0 Å². The van der Waals surface area contributed by atoms with Gasteiger partial charge in [0, 0.05) is 30.1 Å². The highest BCUT2D eigenvalue weighted by Gasteiger charge is 2.30. The Labute approximate surface area is 186 Å². The predicted octanol–water partition coefficient (Wildman–Crippen LogP) is 1.87. The zero-order chi connectivity index (χ0) is 25.3. The standard InChI is InChI=1S/C20H21FN8O3/c1-22-20(31)16-13(8-14(26-27-16)25-19(30)10-4-5-10)24-12-7-6-11(21)15(17(12)32-3)18-23-9-29(2)28-18/h6-10H,4-5H2,1-3H3,(H,22,31)(H2,24,25,26,30)/i1D3. The summed E-state index contributed by atoms with van der Waals surface area (Å²) in [6.45, 7) is -2.78. The first kappa shape index (κ1) is 17.6. The molecular formula is C20H21FN8O3. The molecule has 2 amide bonds. The summed E-state index contributed by atoms with van der Waals surface area (Å²) in [7, 11) is 2.94. The van der Waals surface area contributed by atoms with Gasteiger partial charge in [-0.25, -0.2) is 9.37 Å². The summed E-state index contributed by atoms with van der Waals surface area (Å²) in [4.78, 5) is 28.8. The van der Waals surface area contributed by atoms with Crippen molar-refractivity contribution in [2.75, 3.05) is 24.7 Å². The molecule has 3 N–H and O–H groups in total. The lowest BCUT2D eigenvalue weighted by atomic mass is 10.1. The van der Waals surface area contributed by atoms with Crippen LogP contribution < -0.4 is 20.7 Å². The molecule has 0 bridgehead atoms. The molecule has 1 aliphatic carbocycles. The number of nitrogens with one attached hydrogen (secondary N) is 3. The van der Waals surface area contributed by atoms with Gasteiger partial charge in [-0.2, -0.15) is 5.10 Å². The molecule has 0 unspecified atom stereocenters. The highest BCUT2D eigenvalue weighted by atomic mass is 19.1. The molecule has 12 heteroatoms. The molecule has 0 atom stereocenters.